The van der Waals surface area contributed by atoms with Crippen molar-refractivity contribution in [3.8, 4) is 0 Å². The van der Waals surface area contributed by atoms with Gasteiger partial charge < -0.3 is 0 Å². The molecular weight excluding hydrogens is 148 g/mol. The van der Waals surface area contributed by atoms with Crippen molar-refractivity contribution in [2.45, 2.75) is 38.5 Å². The first-order chi connectivity index (χ1) is 5.84. The van der Waals surface area contributed by atoms with Crippen LogP contribution < -0.4 is 0 Å². The molecule has 0 spiro atoms. The summed E-state index contributed by atoms with van der Waals surface area (Å²) in [7, 11) is 0. The summed E-state index contributed by atoms with van der Waals surface area (Å²) in [5, 5.41) is 0. The van der Waals surface area contributed by atoms with Crippen LogP contribution in [0.5, 0.6) is 0 Å². The Balaban J connectivity index is 1.97. The number of carbonyl (C=O) groups excluding carboxylic acids is 1. The molecule has 0 aromatic heterocycles. The first kappa shape index (κ1) is 7.11. The molecule has 0 radical (unpaired) electrons. The van der Waals surface area contributed by atoms with Gasteiger partial charge in [-0.15, -0.1) is 0 Å². The van der Waals surface area contributed by atoms with Gasteiger partial charge in [0.25, 0.3) is 0 Å². The van der Waals surface area contributed by atoms with Gasteiger partial charge in [0.1, 0.15) is 5.78 Å². The molecule has 1 heteroatoms. The van der Waals surface area contributed by atoms with Crippen molar-refractivity contribution in [3.05, 3.63) is 0 Å². The number of rotatable bonds is 0. The predicted octanol–water partition coefficient (Wildman–Crippen LogP) is 2.40. The maximum absolute atomic E-state index is 11.6. The van der Waals surface area contributed by atoms with E-state index in [1.807, 2.05) is 0 Å². The van der Waals surface area contributed by atoms with Crippen molar-refractivity contribution in [1.82, 2.24) is 0 Å². The van der Waals surface area contributed by atoms with Crippen LogP contribution in [-0.2, 0) is 4.79 Å². The summed E-state index contributed by atoms with van der Waals surface area (Å²) in [4.78, 5) is 11.6. The molecule has 2 unspecified atom stereocenters. The summed E-state index contributed by atoms with van der Waals surface area (Å²) >= 11 is 0. The molecule has 4 bridgehead atoms. The topological polar surface area (TPSA) is 17.1 Å². The van der Waals surface area contributed by atoms with E-state index < -0.39 is 0 Å². The second-order valence-corrected chi connectivity index (χ2v) is 4.95. The van der Waals surface area contributed by atoms with Gasteiger partial charge in [0.2, 0.25) is 0 Å². The Bertz CT molecular complexity index is 213. The molecule has 0 heterocycles. The normalized spacial score (nSPS) is 51.2. The van der Waals surface area contributed by atoms with Crippen molar-refractivity contribution in [1.29, 1.82) is 0 Å². The number of ketones is 1. The van der Waals surface area contributed by atoms with Gasteiger partial charge in [0, 0.05) is 12.3 Å². The van der Waals surface area contributed by atoms with Gasteiger partial charge in [0.15, 0.2) is 0 Å². The van der Waals surface area contributed by atoms with Crippen molar-refractivity contribution in [2.24, 2.45) is 23.7 Å². The number of hydrogen-bond donors (Lipinski definition) is 0. The zero-order valence-corrected chi connectivity index (χ0v) is 7.46. The minimum Gasteiger partial charge on any atom is -0.299 e. The van der Waals surface area contributed by atoms with Gasteiger partial charge >= 0.3 is 0 Å². The Kier molecular flexibility index (Phi) is 1.38. The molecule has 1 nitrogen and oxygen atoms in total. The molecule has 4 saturated carbocycles. The van der Waals surface area contributed by atoms with Gasteiger partial charge in [-0.3, -0.25) is 4.79 Å². The fourth-order valence-electron chi connectivity index (χ4n) is 3.78. The Morgan fingerprint density at radius 2 is 1.58 bits per heavy atom. The average molecular weight is 164 g/mol. The van der Waals surface area contributed by atoms with E-state index in [2.05, 4.69) is 0 Å². The van der Waals surface area contributed by atoms with E-state index in [1.165, 1.54) is 32.1 Å². The van der Waals surface area contributed by atoms with E-state index in [4.69, 9.17) is 0 Å². The molecule has 12 heavy (non-hydrogen) atoms. The quantitative estimate of drug-likeness (QED) is 0.537. The van der Waals surface area contributed by atoms with Crippen LogP contribution in [0.25, 0.3) is 0 Å². The zero-order chi connectivity index (χ0) is 8.13. The maximum atomic E-state index is 11.6. The molecule has 0 N–H and O–H groups in total. The van der Waals surface area contributed by atoms with E-state index >= 15 is 0 Å². The summed E-state index contributed by atoms with van der Waals surface area (Å²) in [5.74, 6) is 3.63. The van der Waals surface area contributed by atoms with Crippen LogP contribution in [0.4, 0.5) is 0 Å². The van der Waals surface area contributed by atoms with Crippen molar-refractivity contribution in [3.63, 3.8) is 0 Å². The highest BCUT2D eigenvalue weighted by Crippen LogP contribution is 2.51. The Hall–Kier alpha value is -0.330. The SMILES string of the molecule is O=C1CC2CC1C1CCC2CC1. The lowest BCUT2D eigenvalue weighted by molar-refractivity contribution is -0.123. The van der Waals surface area contributed by atoms with Crippen LogP contribution in [0, 0.1) is 23.7 Å². The summed E-state index contributed by atoms with van der Waals surface area (Å²) < 4.78 is 0. The van der Waals surface area contributed by atoms with Crippen molar-refractivity contribution < 1.29 is 4.79 Å². The lowest BCUT2D eigenvalue weighted by Crippen LogP contribution is -2.24. The van der Waals surface area contributed by atoms with Crippen LogP contribution in [-0.4, -0.2) is 5.78 Å². The van der Waals surface area contributed by atoms with Gasteiger partial charge in [-0.05, 0) is 49.9 Å². The Morgan fingerprint density at radius 3 is 2.33 bits per heavy atom. The Labute approximate surface area is 73.5 Å². The van der Waals surface area contributed by atoms with E-state index in [9.17, 15) is 4.79 Å². The third-order valence-electron chi connectivity index (χ3n) is 4.49. The zero-order valence-electron chi connectivity index (χ0n) is 7.46. The fourth-order valence-corrected chi connectivity index (χ4v) is 3.78. The second-order valence-electron chi connectivity index (χ2n) is 4.95. The van der Waals surface area contributed by atoms with Gasteiger partial charge in [-0.25, -0.2) is 0 Å². The molecule has 0 aliphatic heterocycles. The largest absolute Gasteiger partial charge is 0.299 e. The number of Topliss-reactive ketones (excluding diaryl/α,β-unsaturated/α-hetero) is 1. The van der Waals surface area contributed by atoms with Gasteiger partial charge in [-0.2, -0.15) is 0 Å². The van der Waals surface area contributed by atoms with Gasteiger partial charge in [0.05, 0.1) is 0 Å². The molecule has 4 fully saturated rings. The Morgan fingerprint density at radius 1 is 0.917 bits per heavy atom. The molecule has 0 aromatic carbocycles. The average Bonchev–Trinajstić information content (AvgIpc) is 2.28. The summed E-state index contributed by atoms with van der Waals surface area (Å²) in [6.07, 6.45) is 7.77. The molecule has 4 aliphatic carbocycles. The molecule has 2 atom stereocenters. The highest BCUT2D eigenvalue weighted by molar-refractivity contribution is 5.84. The minimum atomic E-state index is 0.502. The van der Waals surface area contributed by atoms with Crippen molar-refractivity contribution in [2.75, 3.05) is 0 Å². The fraction of sp³-hybridized carbons (Fsp3) is 0.909. The summed E-state index contributed by atoms with van der Waals surface area (Å²) in [6, 6.07) is 0. The molecule has 66 valence electrons. The molecule has 0 aromatic rings. The van der Waals surface area contributed by atoms with Crippen LogP contribution in [0.1, 0.15) is 38.5 Å². The van der Waals surface area contributed by atoms with Crippen LogP contribution in [0.2, 0.25) is 0 Å². The minimum absolute atomic E-state index is 0.502. The maximum Gasteiger partial charge on any atom is 0.136 e. The standard InChI is InChI=1S/C11H16O/c12-11-6-9-5-10(11)8-3-1-7(9)2-4-8/h7-10H,1-6H2. The highest BCUT2D eigenvalue weighted by atomic mass is 16.1. The summed E-state index contributed by atoms with van der Waals surface area (Å²) in [6.45, 7) is 0. The first-order valence-electron chi connectivity index (χ1n) is 5.37. The molecule has 0 saturated heterocycles. The van der Waals surface area contributed by atoms with E-state index in [-0.39, 0.29) is 0 Å². The molecule has 4 aliphatic rings. The number of fused-ring (bicyclic) bond motifs is 2. The molecule has 0 amide bonds. The molecular formula is C11H16O. The van der Waals surface area contributed by atoms with Crippen molar-refractivity contribution >= 4 is 5.78 Å². The lowest BCUT2D eigenvalue weighted by atomic mass is 9.75. The van der Waals surface area contributed by atoms with E-state index in [1.54, 1.807) is 0 Å². The first-order valence-corrected chi connectivity index (χ1v) is 5.37. The number of hydrogen-bond acceptors (Lipinski definition) is 1. The van der Waals surface area contributed by atoms with Crippen LogP contribution in [0.15, 0.2) is 0 Å². The molecule has 4 rings (SSSR count). The van der Waals surface area contributed by atoms with Gasteiger partial charge in [-0.1, -0.05) is 0 Å². The second kappa shape index (κ2) is 2.34. The summed E-state index contributed by atoms with van der Waals surface area (Å²) in [5.41, 5.74) is 0. The van der Waals surface area contributed by atoms with E-state index in [0.717, 1.165) is 24.2 Å². The van der Waals surface area contributed by atoms with Crippen LogP contribution >= 0.6 is 0 Å². The predicted molar refractivity (Wildman–Crippen MR) is 46.7 cm³/mol. The lowest BCUT2D eigenvalue weighted by Gasteiger charge is -2.30. The monoisotopic (exact) mass is 164 g/mol. The smallest absolute Gasteiger partial charge is 0.136 e. The number of carbonyl (C=O) groups is 1. The highest BCUT2D eigenvalue weighted by Gasteiger charge is 2.46. The third-order valence-corrected chi connectivity index (χ3v) is 4.49. The third kappa shape index (κ3) is 0.826. The van der Waals surface area contributed by atoms with E-state index in [0.29, 0.717) is 11.7 Å². The van der Waals surface area contributed by atoms with Crippen LogP contribution in [0.3, 0.4) is 0 Å².